The summed E-state index contributed by atoms with van der Waals surface area (Å²) in [6.07, 6.45) is 4.35. The molecule has 23 heavy (non-hydrogen) atoms. The van der Waals surface area contributed by atoms with Crippen molar-refractivity contribution in [1.29, 1.82) is 0 Å². The molecule has 0 bridgehead atoms. The largest absolute Gasteiger partial charge is 0.489 e. The number of nitrogens with zero attached hydrogens (tertiary/aromatic N) is 1. The van der Waals surface area contributed by atoms with Crippen LogP contribution in [-0.2, 0) is 12.0 Å². The summed E-state index contributed by atoms with van der Waals surface area (Å²) in [7, 11) is 0. The second-order valence-electron chi connectivity index (χ2n) is 6.54. The topological polar surface area (TPSA) is 33.6 Å². The molecule has 3 heteroatoms. The molecule has 3 nitrogen and oxygen atoms in total. The zero-order valence-electron chi connectivity index (χ0n) is 13.5. The van der Waals surface area contributed by atoms with E-state index in [4.69, 9.17) is 9.73 Å². The molecule has 2 aliphatic heterocycles. The molecule has 0 radical (unpaired) electrons. The van der Waals surface area contributed by atoms with Crippen molar-refractivity contribution >= 4 is 11.9 Å². The number of hydrogen-bond donors (Lipinski definition) is 1. The minimum Gasteiger partial charge on any atom is -0.489 e. The number of piperidine rings is 1. The molecule has 2 aliphatic rings. The van der Waals surface area contributed by atoms with E-state index in [2.05, 4.69) is 54.9 Å². The van der Waals surface area contributed by atoms with Crippen molar-refractivity contribution in [1.82, 2.24) is 5.32 Å². The smallest absolute Gasteiger partial charge is 0.126 e. The monoisotopic (exact) mass is 306 g/mol. The van der Waals surface area contributed by atoms with Gasteiger partial charge in [0.2, 0.25) is 0 Å². The van der Waals surface area contributed by atoms with Crippen LogP contribution in [0.1, 0.15) is 29.5 Å². The van der Waals surface area contributed by atoms with Crippen LogP contribution in [0.25, 0.3) is 0 Å². The number of aryl methyl sites for hydroxylation is 1. The predicted molar refractivity (Wildman–Crippen MR) is 93.9 cm³/mol. The van der Waals surface area contributed by atoms with Crippen LogP contribution in [0.3, 0.4) is 0 Å². The maximum Gasteiger partial charge on any atom is 0.126 e. The Bertz CT molecular complexity index is 731. The first-order valence-corrected chi connectivity index (χ1v) is 8.35. The third-order valence-electron chi connectivity index (χ3n) is 5.01. The lowest BCUT2D eigenvalue weighted by Crippen LogP contribution is -2.40. The Balaban J connectivity index is 1.68. The number of benzene rings is 2. The van der Waals surface area contributed by atoms with Crippen molar-refractivity contribution in [3.8, 4) is 5.75 Å². The summed E-state index contributed by atoms with van der Waals surface area (Å²) < 4.78 is 6.22. The van der Waals surface area contributed by atoms with Crippen molar-refractivity contribution in [3.63, 3.8) is 0 Å². The van der Waals surface area contributed by atoms with Gasteiger partial charge in [0, 0.05) is 17.2 Å². The van der Waals surface area contributed by atoms with Crippen molar-refractivity contribution < 1.29 is 4.74 Å². The fourth-order valence-corrected chi connectivity index (χ4v) is 3.68. The van der Waals surface area contributed by atoms with Crippen LogP contribution >= 0.6 is 0 Å². The average Bonchev–Trinajstić information content (AvgIpc) is 2.96. The third kappa shape index (κ3) is 2.55. The van der Waals surface area contributed by atoms with E-state index in [1.165, 1.54) is 16.7 Å². The molecule has 0 amide bonds. The van der Waals surface area contributed by atoms with Crippen molar-refractivity contribution in [3.05, 3.63) is 59.2 Å². The second kappa shape index (κ2) is 5.82. The van der Waals surface area contributed by atoms with E-state index < -0.39 is 0 Å². The molecule has 1 fully saturated rings. The number of aliphatic imine (C=N–C) groups is 1. The fraction of sp³-hybridized carbons (Fsp3) is 0.350. The fourth-order valence-electron chi connectivity index (χ4n) is 3.68. The quantitative estimate of drug-likeness (QED) is 0.932. The Hall–Kier alpha value is -2.13. The van der Waals surface area contributed by atoms with E-state index >= 15 is 0 Å². The molecule has 2 heterocycles. The zero-order chi connectivity index (χ0) is 15.7. The van der Waals surface area contributed by atoms with Crippen LogP contribution < -0.4 is 10.1 Å². The first-order valence-electron chi connectivity index (χ1n) is 8.35. The van der Waals surface area contributed by atoms with Crippen LogP contribution in [0.4, 0.5) is 5.69 Å². The van der Waals surface area contributed by atoms with Gasteiger partial charge in [0.25, 0.3) is 0 Å². The van der Waals surface area contributed by atoms with Gasteiger partial charge in [-0.15, -0.1) is 0 Å². The Labute approximate surface area is 137 Å². The molecule has 4 rings (SSSR count). The summed E-state index contributed by atoms with van der Waals surface area (Å²) in [5, 5.41) is 3.46. The van der Waals surface area contributed by atoms with Crippen LogP contribution in [0.5, 0.6) is 5.75 Å². The molecular formula is C20H22N2O. The highest BCUT2D eigenvalue weighted by molar-refractivity contribution is 5.88. The van der Waals surface area contributed by atoms with Gasteiger partial charge in [-0.1, -0.05) is 36.4 Å². The maximum absolute atomic E-state index is 6.22. The van der Waals surface area contributed by atoms with Gasteiger partial charge in [-0.05, 0) is 50.0 Å². The van der Waals surface area contributed by atoms with Crippen molar-refractivity contribution in [2.24, 2.45) is 4.99 Å². The van der Waals surface area contributed by atoms with Gasteiger partial charge in [0.05, 0.1) is 5.69 Å². The molecule has 0 saturated carbocycles. The third-order valence-corrected chi connectivity index (χ3v) is 5.01. The van der Waals surface area contributed by atoms with Crippen molar-refractivity contribution in [2.45, 2.75) is 31.8 Å². The zero-order valence-corrected chi connectivity index (χ0v) is 13.5. The molecule has 0 unspecified atom stereocenters. The van der Waals surface area contributed by atoms with Crippen LogP contribution in [0, 0.1) is 6.92 Å². The van der Waals surface area contributed by atoms with Gasteiger partial charge >= 0.3 is 0 Å². The van der Waals surface area contributed by atoms with Gasteiger partial charge in [-0.25, -0.2) is 0 Å². The molecule has 0 aliphatic carbocycles. The minimum atomic E-state index is 0.0542. The van der Waals surface area contributed by atoms with E-state index in [-0.39, 0.29) is 5.41 Å². The van der Waals surface area contributed by atoms with Gasteiger partial charge in [0.15, 0.2) is 0 Å². The van der Waals surface area contributed by atoms with E-state index in [9.17, 15) is 0 Å². The van der Waals surface area contributed by atoms with Gasteiger partial charge < -0.3 is 10.1 Å². The normalized spacial score (nSPS) is 18.1. The number of rotatable bonds is 3. The molecule has 118 valence electrons. The van der Waals surface area contributed by atoms with E-state index in [1.807, 2.05) is 6.07 Å². The Morgan fingerprint density at radius 2 is 1.87 bits per heavy atom. The highest BCUT2D eigenvalue weighted by Gasteiger charge is 2.40. The summed E-state index contributed by atoms with van der Waals surface area (Å²) in [6, 6.07) is 14.6. The highest BCUT2D eigenvalue weighted by atomic mass is 16.5. The number of hydrogen-bond acceptors (Lipinski definition) is 3. The summed E-state index contributed by atoms with van der Waals surface area (Å²) in [4.78, 5) is 4.76. The summed E-state index contributed by atoms with van der Waals surface area (Å²) >= 11 is 0. The number of fused-ring (bicyclic) bond motifs is 2. The van der Waals surface area contributed by atoms with Crippen LogP contribution in [-0.4, -0.2) is 19.3 Å². The second-order valence-corrected chi connectivity index (χ2v) is 6.54. The molecule has 0 atom stereocenters. The van der Waals surface area contributed by atoms with Gasteiger partial charge in [-0.2, -0.15) is 0 Å². The highest BCUT2D eigenvalue weighted by Crippen LogP contribution is 2.48. The van der Waals surface area contributed by atoms with Crippen LogP contribution in [0.2, 0.25) is 0 Å². The van der Waals surface area contributed by atoms with Gasteiger partial charge in [-0.3, -0.25) is 4.99 Å². The maximum atomic E-state index is 6.22. The first-order chi connectivity index (χ1) is 11.3. The molecule has 1 N–H and O–H groups in total. The Morgan fingerprint density at radius 1 is 1.09 bits per heavy atom. The van der Waals surface area contributed by atoms with E-state index in [1.54, 1.807) is 0 Å². The molecule has 1 saturated heterocycles. The Morgan fingerprint density at radius 3 is 2.65 bits per heavy atom. The molecule has 2 aromatic carbocycles. The van der Waals surface area contributed by atoms with E-state index in [0.717, 1.165) is 37.4 Å². The van der Waals surface area contributed by atoms with Gasteiger partial charge in [0.1, 0.15) is 12.4 Å². The summed E-state index contributed by atoms with van der Waals surface area (Å²) in [6.45, 7) is 4.82. The summed E-state index contributed by atoms with van der Waals surface area (Å²) in [5.74, 6) is 0.994. The lowest BCUT2D eigenvalue weighted by Gasteiger charge is -2.33. The van der Waals surface area contributed by atoms with Crippen molar-refractivity contribution in [2.75, 3.05) is 13.1 Å². The molecular weight excluding hydrogens is 284 g/mol. The number of ether oxygens (including phenoxy) is 1. The molecule has 1 spiro atoms. The summed E-state index contributed by atoms with van der Waals surface area (Å²) in [5.41, 5.74) is 4.91. The molecule has 0 aromatic heterocycles. The van der Waals surface area contributed by atoms with E-state index in [0.29, 0.717) is 6.61 Å². The average molecular weight is 306 g/mol. The SMILES string of the molecule is Cc1ccc(OCc2ccccc2)c2c1N=CC21CCNCC1. The Kier molecular flexibility index (Phi) is 3.66. The number of nitrogens with one attached hydrogen (secondary N) is 1. The predicted octanol–water partition coefficient (Wildman–Crippen LogP) is 3.91. The minimum absolute atomic E-state index is 0.0542. The lowest BCUT2D eigenvalue weighted by atomic mass is 9.74. The first kappa shape index (κ1) is 14.5. The lowest BCUT2D eigenvalue weighted by molar-refractivity contribution is 0.294. The molecule has 2 aromatic rings. The van der Waals surface area contributed by atoms with Crippen LogP contribution in [0.15, 0.2) is 47.5 Å². The standard InChI is InChI=1S/C20H22N2O/c1-15-7-8-17(23-13-16-5-3-2-4-6-16)18-19(15)22-14-20(18)9-11-21-12-10-20/h2-8,14,21H,9-13H2,1H3.